The summed E-state index contributed by atoms with van der Waals surface area (Å²) >= 11 is 5.91. The van der Waals surface area contributed by atoms with E-state index in [4.69, 9.17) is 21.4 Å². The van der Waals surface area contributed by atoms with E-state index < -0.39 is 12.0 Å². The molecule has 1 aromatic carbocycles. The number of morpholine rings is 1. The van der Waals surface area contributed by atoms with Crippen molar-refractivity contribution in [3.8, 4) is 0 Å². The zero-order valence-electron chi connectivity index (χ0n) is 10.2. The van der Waals surface area contributed by atoms with Crippen molar-refractivity contribution in [3.63, 3.8) is 0 Å². The van der Waals surface area contributed by atoms with Gasteiger partial charge in [-0.05, 0) is 30.2 Å². The van der Waals surface area contributed by atoms with Gasteiger partial charge in [0.2, 0.25) is 0 Å². The number of rotatable bonds is 3. The minimum absolute atomic E-state index is 0.252. The van der Waals surface area contributed by atoms with Gasteiger partial charge in [-0.2, -0.15) is 0 Å². The number of aryl methyl sites for hydroxylation is 1. The van der Waals surface area contributed by atoms with Gasteiger partial charge < -0.3 is 9.84 Å². The fraction of sp³-hybridized carbons (Fsp3) is 0.462. The molecule has 18 heavy (non-hydrogen) atoms. The number of nitrogens with zero attached hydrogens (tertiary/aromatic N) is 1. The lowest BCUT2D eigenvalue weighted by Crippen LogP contribution is -2.49. The Kier molecular flexibility index (Phi) is 4.22. The molecule has 1 N–H and O–H groups in total. The molecule has 2 rings (SSSR count). The summed E-state index contributed by atoms with van der Waals surface area (Å²) in [5.74, 6) is -0.832. The van der Waals surface area contributed by atoms with E-state index in [1.54, 1.807) is 0 Å². The minimum atomic E-state index is -0.832. The van der Waals surface area contributed by atoms with Crippen molar-refractivity contribution in [1.29, 1.82) is 0 Å². The zero-order chi connectivity index (χ0) is 13.1. The van der Waals surface area contributed by atoms with E-state index in [9.17, 15) is 4.79 Å². The first-order chi connectivity index (χ1) is 8.58. The molecule has 1 aliphatic heterocycles. The maximum absolute atomic E-state index is 11.2. The monoisotopic (exact) mass is 269 g/mol. The number of halogens is 1. The molecule has 0 spiro atoms. The van der Waals surface area contributed by atoms with Crippen molar-refractivity contribution >= 4 is 17.6 Å². The van der Waals surface area contributed by atoms with Gasteiger partial charge in [0.25, 0.3) is 0 Å². The predicted octanol–water partition coefficient (Wildman–Crippen LogP) is 1.93. The van der Waals surface area contributed by atoms with Gasteiger partial charge in [0.1, 0.15) is 6.04 Å². The SMILES string of the molecule is Cc1cc(Cl)ccc1CN1CCOCC1C(=O)O. The molecule has 0 bridgehead atoms. The highest BCUT2D eigenvalue weighted by Crippen LogP contribution is 2.19. The first-order valence-corrected chi connectivity index (χ1v) is 6.25. The standard InChI is InChI=1S/C13H16ClNO3/c1-9-6-11(14)3-2-10(9)7-15-4-5-18-8-12(15)13(16)17/h2-3,6,12H,4-5,7-8H2,1H3,(H,16,17). The highest BCUT2D eigenvalue weighted by Gasteiger charge is 2.29. The van der Waals surface area contributed by atoms with E-state index >= 15 is 0 Å². The second-order valence-electron chi connectivity index (χ2n) is 4.47. The highest BCUT2D eigenvalue weighted by molar-refractivity contribution is 6.30. The van der Waals surface area contributed by atoms with E-state index in [1.807, 2.05) is 30.0 Å². The first-order valence-electron chi connectivity index (χ1n) is 5.87. The number of carbonyl (C=O) groups is 1. The number of ether oxygens (including phenoxy) is 1. The summed E-state index contributed by atoms with van der Waals surface area (Å²) in [6.07, 6.45) is 0. The molecule has 1 atom stereocenters. The lowest BCUT2D eigenvalue weighted by Gasteiger charge is -2.33. The number of carboxylic acid groups (broad SMARTS) is 1. The molecule has 4 nitrogen and oxygen atoms in total. The number of benzene rings is 1. The van der Waals surface area contributed by atoms with Gasteiger partial charge in [-0.15, -0.1) is 0 Å². The molecule has 98 valence electrons. The molecule has 0 amide bonds. The zero-order valence-corrected chi connectivity index (χ0v) is 11.0. The molecule has 5 heteroatoms. The van der Waals surface area contributed by atoms with Crippen molar-refractivity contribution in [2.24, 2.45) is 0 Å². The van der Waals surface area contributed by atoms with Crippen LogP contribution in [0.2, 0.25) is 5.02 Å². The van der Waals surface area contributed by atoms with E-state index in [2.05, 4.69) is 0 Å². The van der Waals surface area contributed by atoms with Crippen molar-refractivity contribution in [2.75, 3.05) is 19.8 Å². The van der Waals surface area contributed by atoms with Crippen LogP contribution in [0, 0.1) is 6.92 Å². The molecule has 0 radical (unpaired) electrons. The number of hydrogen-bond acceptors (Lipinski definition) is 3. The second kappa shape index (κ2) is 5.69. The molecule has 1 aromatic rings. The van der Waals surface area contributed by atoms with Gasteiger partial charge in [-0.1, -0.05) is 17.7 Å². The average molecular weight is 270 g/mol. The van der Waals surface area contributed by atoms with Crippen LogP contribution in [-0.4, -0.2) is 41.8 Å². The van der Waals surface area contributed by atoms with Crippen molar-refractivity contribution in [1.82, 2.24) is 4.90 Å². The quantitative estimate of drug-likeness (QED) is 0.911. The third-order valence-corrected chi connectivity index (χ3v) is 3.44. The lowest BCUT2D eigenvalue weighted by atomic mass is 10.1. The number of hydrogen-bond donors (Lipinski definition) is 1. The summed E-state index contributed by atoms with van der Waals surface area (Å²) in [7, 11) is 0. The van der Waals surface area contributed by atoms with Gasteiger partial charge in [0.05, 0.1) is 13.2 Å². The Hall–Kier alpha value is -1.10. The van der Waals surface area contributed by atoms with E-state index in [-0.39, 0.29) is 6.61 Å². The largest absolute Gasteiger partial charge is 0.480 e. The topological polar surface area (TPSA) is 49.8 Å². The molecular formula is C13H16ClNO3. The fourth-order valence-electron chi connectivity index (χ4n) is 2.11. The number of carboxylic acids is 1. The molecule has 0 aromatic heterocycles. The van der Waals surface area contributed by atoms with Gasteiger partial charge in [0.15, 0.2) is 0 Å². The van der Waals surface area contributed by atoms with Crippen LogP contribution in [0.1, 0.15) is 11.1 Å². The van der Waals surface area contributed by atoms with Crippen LogP contribution < -0.4 is 0 Å². The Labute approximate surface area is 111 Å². The van der Waals surface area contributed by atoms with E-state index in [0.29, 0.717) is 24.7 Å². The Balaban J connectivity index is 2.13. The molecule has 1 saturated heterocycles. The van der Waals surface area contributed by atoms with Crippen LogP contribution >= 0.6 is 11.6 Å². The molecule has 1 unspecified atom stereocenters. The maximum atomic E-state index is 11.2. The van der Waals surface area contributed by atoms with E-state index in [0.717, 1.165) is 11.1 Å². The van der Waals surface area contributed by atoms with Gasteiger partial charge in [-0.3, -0.25) is 9.69 Å². The average Bonchev–Trinajstić information content (AvgIpc) is 2.33. The molecule has 0 aliphatic carbocycles. The smallest absolute Gasteiger partial charge is 0.323 e. The highest BCUT2D eigenvalue weighted by atomic mass is 35.5. The van der Waals surface area contributed by atoms with Gasteiger partial charge in [0, 0.05) is 18.1 Å². The maximum Gasteiger partial charge on any atom is 0.323 e. The van der Waals surface area contributed by atoms with Crippen LogP contribution in [0.4, 0.5) is 0 Å². The van der Waals surface area contributed by atoms with Crippen LogP contribution in [0.3, 0.4) is 0 Å². The predicted molar refractivity (Wildman–Crippen MR) is 68.8 cm³/mol. The summed E-state index contributed by atoms with van der Waals surface area (Å²) in [4.78, 5) is 13.1. The van der Waals surface area contributed by atoms with Crippen LogP contribution in [-0.2, 0) is 16.1 Å². The first kappa shape index (κ1) is 13.3. The normalized spacial score (nSPS) is 20.9. The summed E-state index contributed by atoms with van der Waals surface area (Å²) in [5.41, 5.74) is 2.19. The van der Waals surface area contributed by atoms with Crippen molar-refractivity contribution in [2.45, 2.75) is 19.5 Å². The summed E-state index contributed by atoms with van der Waals surface area (Å²) in [6.45, 7) is 4.07. The fourth-order valence-corrected chi connectivity index (χ4v) is 2.34. The Morgan fingerprint density at radius 2 is 2.39 bits per heavy atom. The summed E-state index contributed by atoms with van der Waals surface area (Å²) < 4.78 is 5.22. The molecule has 1 heterocycles. The van der Waals surface area contributed by atoms with Gasteiger partial charge in [-0.25, -0.2) is 0 Å². The van der Waals surface area contributed by atoms with Crippen LogP contribution in [0.25, 0.3) is 0 Å². The molecule has 1 fully saturated rings. The van der Waals surface area contributed by atoms with Crippen LogP contribution in [0.15, 0.2) is 18.2 Å². The molecule has 0 saturated carbocycles. The Bertz CT molecular complexity index is 450. The summed E-state index contributed by atoms with van der Waals surface area (Å²) in [5, 5.41) is 9.86. The molecule has 1 aliphatic rings. The third kappa shape index (κ3) is 3.02. The van der Waals surface area contributed by atoms with Crippen molar-refractivity contribution in [3.05, 3.63) is 34.3 Å². The van der Waals surface area contributed by atoms with E-state index in [1.165, 1.54) is 0 Å². The minimum Gasteiger partial charge on any atom is -0.480 e. The third-order valence-electron chi connectivity index (χ3n) is 3.20. The van der Waals surface area contributed by atoms with Gasteiger partial charge >= 0.3 is 5.97 Å². The van der Waals surface area contributed by atoms with Crippen LogP contribution in [0.5, 0.6) is 0 Å². The second-order valence-corrected chi connectivity index (χ2v) is 4.91. The lowest BCUT2D eigenvalue weighted by molar-refractivity contribution is -0.150. The Morgan fingerprint density at radius 1 is 1.61 bits per heavy atom. The Morgan fingerprint density at radius 3 is 3.06 bits per heavy atom. The summed E-state index contributed by atoms with van der Waals surface area (Å²) in [6, 6.07) is 5.12. The van der Waals surface area contributed by atoms with Crippen molar-refractivity contribution < 1.29 is 14.6 Å². The molecular weight excluding hydrogens is 254 g/mol. The number of aliphatic carboxylic acids is 1.